The first kappa shape index (κ1) is 28.7. The summed E-state index contributed by atoms with van der Waals surface area (Å²) in [5.41, 5.74) is 6.57. The number of hydrogen-bond donors (Lipinski definition) is 2. The molecule has 3 aromatic rings. The molecule has 1 heterocycles. The number of carbonyl (C=O) groups is 3. The van der Waals surface area contributed by atoms with Crippen LogP contribution in [0.1, 0.15) is 51.2 Å². The van der Waals surface area contributed by atoms with Crippen LogP contribution in [0.3, 0.4) is 0 Å². The molecule has 3 atom stereocenters. The average Bonchev–Trinajstić information content (AvgIpc) is 3.76. The fourth-order valence-electron chi connectivity index (χ4n) is 5.79. The SMILES string of the molecule is CC(C)NC(=O)C(Cc1ccc2ccccc2c1)N1CCN(C(=O)C(C)(N)c2ccc(F)cc2)[C@H](CC2CC2)C1=O. The van der Waals surface area contributed by atoms with Crippen molar-refractivity contribution in [3.63, 3.8) is 0 Å². The Bertz CT molecular complexity index is 1430. The first-order valence-corrected chi connectivity index (χ1v) is 14.5. The van der Waals surface area contributed by atoms with Gasteiger partial charge in [0, 0.05) is 25.6 Å². The summed E-state index contributed by atoms with van der Waals surface area (Å²) in [7, 11) is 0. The van der Waals surface area contributed by atoms with E-state index in [4.69, 9.17) is 5.73 Å². The second kappa shape index (κ2) is 11.6. The molecule has 1 aliphatic carbocycles. The van der Waals surface area contributed by atoms with E-state index in [0.29, 0.717) is 24.3 Å². The minimum absolute atomic E-state index is 0.0875. The van der Waals surface area contributed by atoms with Crippen molar-refractivity contribution in [3.8, 4) is 0 Å². The van der Waals surface area contributed by atoms with Crippen LogP contribution in [0.2, 0.25) is 0 Å². The number of benzene rings is 3. The number of fused-ring (bicyclic) bond motifs is 1. The molecule has 2 fully saturated rings. The molecule has 1 aliphatic heterocycles. The highest BCUT2D eigenvalue weighted by molar-refractivity contribution is 5.96. The molecule has 0 bridgehead atoms. The number of halogens is 1. The van der Waals surface area contributed by atoms with Crippen LogP contribution in [0.25, 0.3) is 10.8 Å². The maximum atomic E-state index is 14.2. The van der Waals surface area contributed by atoms with Crippen LogP contribution < -0.4 is 11.1 Å². The molecule has 1 saturated carbocycles. The largest absolute Gasteiger partial charge is 0.352 e. The number of rotatable bonds is 9. The predicted molar refractivity (Wildman–Crippen MR) is 157 cm³/mol. The molecule has 216 valence electrons. The average molecular weight is 559 g/mol. The molecule has 3 amide bonds. The molecule has 41 heavy (non-hydrogen) atoms. The molecule has 3 aromatic carbocycles. The summed E-state index contributed by atoms with van der Waals surface area (Å²) >= 11 is 0. The lowest BCUT2D eigenvalue weighted by molar-refractivity contribution is -0.158. The van der Waals surface area contributed by atoms with Gasteiger partial charge in [0.05, 0.1) is 0 Å². The van der Waals surface area contributed by atoms with E-state index >= 15 is 0 Å². The van der Waals surface area contributed by atoms with Crippen molar-refractivity contribution in [1.29, 1.82) is 0 Å². The number of nitrogens with one attached hydrogen (secondary N) is 1. The molecular weight excluding hydrogens is 519 g/mol. The van der Waals surface area contributed by atoms with Gasteiger partial charge in [-0.25, -0.2) is 4.39 Å². The van der Waals surface area contributed by atoms with E-state index in [-0.39, 0.29) is 36.9 Å². The number of nitrogens with zero attached hydrogens (tertiary/aromatic N) is 2. The van der Waals surface area contributed by atoms with Gasteiger partial charge >= 0.3 is 0 Å². The molecule has 2 unspecified atom stereocenters. The van der Waals surface area contributed by atoms with Crippen LogP contribution in [-0.2, 0) is 26.3 Å². The Hall–Kier alpha value is -3.78. The highest BCUT2D eigenvalue weighted by Gasteiger charge is 2.47. The summed E-state index contributed by atoms with van der Waals surface area (Å²) in [6.45, 7) is 5.88. The molecule has 5 rings (SSSR count). The van der Waals surface area contributed by atoms with Gasteiger partial charge in [0.15, 0.2) is 0 Å². The van der Waals surface area contributed by atoms with E-state index in [2.05, 4.69) is 11.4 Å². The van der Waals surface area contributed by atoms with Crippen molar-refractivity contribution < 1.29 is 18.8 Å². The summed E-state index contributed by atoms with van der Waals surface area (Å²) in [4.78, 5) is 44.9. The lowest BCUT2D eigenvalue weighted by atomic mass is 9.89. The van der Waals surface area contributed by atoms with Gasteiger partial charge in [-0.15, -0.1) is 0 Å². The Morgan fingerprint density at radius 1 is 1.02 bits per heavy atom. The first-order valence-electron chi connectivity index (χ1n) is 14.5. The second-order valence-electron chi connectivity index (χ2n) is 12.0. The Kier molecular flexibility index (Phi) is 8.13. The van der Waals surface area contributed by atoms with Crippen molar-refractivity contribution in [2.75, 3.05) is 13.1 Å². The fraction of sp³-hybridized carbons (Fsp3) is 0.424. The van der Waals surface area contributed by atoms with Gasteiger partial charge < -0.3 is 20.9 Å². The summed E-state index contributed by atoms with van der Waals surface area (Å²) in [5, 5.41) is 5.19. The molecule has 7 nitrogen and oxygen atoms in total. The summed E-state index contributed by atoms with van der Waals surface area (Å²) < 4.78 is 13.6. The van der Waals surface area contributed by atoms with Crippen LogP contribution in [-0.4, -0.2) is 58.7 Å². The summed E-state index contributed by atoms with van der Waals surface area (Å²) in [6.07, 6.45) is 2.93. The van der Waals surface area contributed by atoms with Crippen molar-refractivity contribution in [2.24, 2.45) is 11.7 Å². The predicted octanol–water partition coefficient (Wildman–Crippen LogP) is 4.13. The molecule has 8 heteroatoms. The maximum Gasteiger partial charge on any atom is 0.247 e. The normalized spacial score (nSPS) is 19.8. The number of hydrogen-bond acceptors (Lipinski definition) is 4. The zero-order chi connectivity index (χ0) is 29.3. The van der Waals surface area contributed by atoms with Crippen LogP contribution in [0.15, 0.2) is 66.7 Å². The standard InChI is InChI=1S/C33H39FN4O3/c1-21(2)36-30(39)28(20-23-10-11-24-6-4-5-7-25(24)18-23)37-16-17-38(29(31(37)40)19-22-8-9-22)32(41)33(3,35)26-12-14-27(34)15-13-26/h4-7,10-15,18,21-22,28-29H,8-9,16-17,19-20,35H2,1-3H3,(H,36,39)/t28?,29-,33?/m1/s1. The lowest BCUT2D eigenvalue weighted by Crippen LogP contribution is -2.66. The third-order valence-corrected chi connectivity index (χ3v) is 8.28. The second-order valence-corrected chi connectivity index (χ2v) is 12.0. The first-order chi connectivity index (χ1) is 19.5. The maximum absolute atomic E-state index is 14.2. The number of nitrogens with two attached hydrogens (primary N) is 1. The topological polar surface area (TPSA) is 95.7 Å². The molecule has 0 spiro atoms. The molecule has 0 radical (unpaired) electrons. The van der Waals surface area contributed by atoms with Gasteiger partial charge in [-0.2, -0.15) is 0 Å². The Morgan fingerprint density at radius 3 is 2.37 bits per heavy atom. The highest BCUT2D eigenvalue weighted by atomic mass is 19.1. The van der Waals surface area contributed by atoms with Crippen LogP contribution in [0.4, 0.5) is 4.39 Å². The number of piperazine rings is 1. The van der Waals surface area contributed by atoms with Crippen molar-refractivity contribution in [2.45, 2.75) is 70.1 Å². The van der Waals surface area contributed by atoms with Gasteiger partial charge in [-0.3, -0.25) is 14.4 Å². The minimum atomic E-state index is -1.43. The van der Waals surface area contributed by atoms with E-state index in [1.54, 1.807) is 16.7 Å². The van der Waals surface area contributed by atoms with Gasteiger partial charge in [-0.05, 0) is 67.1 Å². The van der Waals surface area contributed by atoms with Gasteiger partial charge in [0.1, 0.15) is 23.4 Å². The van der Waals surface area contributed by atoms with E-state index in [0.717, 1.165) is 29.2 Å². The van der Waals surface area contributed by atoms with Crippen LogP contribution in [0.5, 0.6) is 0 Å². The van der Waals surface area contributed by atoms with E-state index < -0.39 is 23.4 Å². The van der Waals surface area contributed by atoms with Crippen LogP contribution >= 0.6 is 0 Å². The number of carbonyl (C=O) groups excluding carboxylic acids is 3. The molecule has 3 N–H and O–H groups in total. The van der Waals surface area contributed by atoms with Gasteiger partial charge in [0.2, 0.25) is 17.7 Å². The Labute approximate surface area is 240 Å². The third-order valence-electron chi connectivity index (χ3n) is 8.28. The van der Waals surface area contributed by atoms with Gasteiger partial charge in [0.25, 0.3) is 0 Å². The monoisotopic (exact) mass is 558 g/mol. The quantitative estimate of drug-likeness (QED) is 0.413. The molecule has 2 aliphatic rings. The smallest absolute Gasteiger partial charge is 0.247 e. The van der Waals surface area contributed by atoms with Crippen molar-refractivity contribution >= 4 is 28.5 Å². The zero-order valence-corrected chi connectivity index (χ0v) is 24.0. The van der Waals surface area contributed by atoms with Crippen LogP contribution in [0, 0.1) is 11.7 Å². The summed E-state index contributed by atoms with van der Waals surface area (Å²) in [6, 6.07) is 18.2. The third kappa shape index (κ3) is 6.27. The van der Waals surface area contributed by atoms with Crippen molar-refractivity contribution in [3.05, 3.63) is 83.7 Å². The molecular formula is C33H39FN4O3. The zero-order valence-electron chi connectivity index (χ0n) is 24.0. The summed E-state index contributed by atoms with van der Waals surface area (Å²) in [5.74, 6) is -0.861. The van der Waals surface area contributed by atoms with E-state index in [1.807, 2.05) is 50.2 Å². The van der Waals surface area contributed by atoms with Gasteiger partial charge in [-0.1, -0.05) is 67.4 Å². The Morgan fingerprint density at radius 2 is 1.71 bits per heavy atom. The lowest BCUT2D eigenvalue weighted by Gasteiger charge is -2.45. The Balaban J connectivity index is 1.43. The minimum Gasteiger partial charge on any atom is -0.352 e. The highest BCUT2D eigenvalue weighted by Crippen LogP contribution is 2.37. The van der Waals surface area contributed by atoms with Crippen molar-refractivity contribution in [1.82, 2.24) is 15.1 Å². The van der Waals surface area contributed by atoms with E-state index in [1.165, 1.54) is 24.3 Å². The molecule has 0 aromatic heterocycles. The fourth-order valence-corrected chi connectivity index (χ4v) is 5.79. The molecule has 1 saturated heterocycles. The number of amides is 3. The van der Waals surface area contributed by atoms with E-state index in [9.17, 15) is 18.8 Å².